The van der Waals surface area contributed by atoms with E-state index >= 15 is 0 Å². The lowest BCUT2D eigenvalue weighted by Crippen LogP contribution is -2.42. The number of thiophene rings is 1. The highest BCUT2D eigenvalue weighted by Gasteiger charge is 2.16. The van der Waals surface area contributed by atoms with Gasteiger partial charge in [-0.15, -0.1) is 11.3 Å². The number of aromatic nitrogens is 1. The van der Waals surface area contributed by atoms with Crippen LogP contribution in [0.1, 0.15) is 21.6 Å². The van der Waals surface area contributed by atoms with Crippen LogP contribution in [0.2, 0.25) is 0 Å². The molecule has 0 bridgehead atoms. The van der Waals surface area contributed by atoms with E-state index in [0.717, 1.165) is 16.9 Å². The van der Waals surface area contributed by atoms with Crippen LogP contribution in [0, 0.1) is 0 Å². The second-order valence-electron chi connectivity index (χ2n) is 7.98. The van der Waals surface area contributed by atoms with Crippen molar-refractivity contribution in [1.29, 1.82) is 0 Å². The van der Waals surface area contributed by atoms with Crippen LogP contribution in [0.4, 0.5) is 16.2 Å². The Morgan fingerprint density at radius 3 is 2.59 bits per heavy atom. The van der Waals surface area contributed by atoms with Crippen LogP contribution in [-0.4, -0.2) is 61.0 Å². The molecule has 3 aromatic rings. The molecule has 2 heterocycles. The van der Waals surface area contributed by atoms with Crippen LogP contribution in [0.3, 0.4) is 0 Å². The Labute approximate surface area is 203 Å². The van der Waals surface area contributed by atoms with Gasteiger partial charge in [-0.2, -0.15) is 0 Å². The zero-order chi connectivity index (χ0) is 24.5. The number of carbonyl (C=O) groups excluding carboxylic acids is 2. The monoisotopic (exact) mass is 482 g/mol. The molecule has 2 aromatic heterocycles. The van der Waals surface area contributed by atoms with Crippen LogP contribution in [0.25, 0.3) is 0 Å². The molecule has 0 saturated carbocycles. The molecule has 0 aliphatic carbocycles. The molecule has 1 aromatic carbocycles. The standard InChI is InChI=1S/C24H30N6O3S/c1-29(2)9-10-30(24(32)27-12-17-5-4-6-19(11-17)33-3)14-18-7-8-21(26-13-18)23(31)28-22-16-34-15-20(22)25/h4-8,11,13,15-16H,9-10,12,14,25H2,1-3H3,(H,27,32)(H,28,31). The number of likely N-dealkylation sites (N-methyl/N-ethyl adjacent to an activating group) is 1. The summed E-state index contributed by atoms with van der Waals surface area (Å²) < 4.78 is 5.24. The first-order valence-electron chi connectivity index (χ1n) is 10.7. The SMILES string of the molecule is COc1cccc(CNC(=O)N(CCN(C)C)Cc2ccc(C(=O)Nc3cscc3N)nc2)c1. The zero-order valence-electron chi connectivity index (χ0n) is 19.6. The molecule has 0 atom stereocenters. The molecule has 10 heteroatoms. The van der Waals surface area contributed by atoms with Crippen molar-refractivity contribution in [2.45, 2.75) is 13.1 Å². The largest absolute Gasteiger partial charge is 0.497 e. The third-order valence-corrected chi connectivity index (χ3v) is 5.81. The van der Waals surface area contributed by atoms with Crippen molar-refractivity contribution in [3.63, 3.8) is 0 Å². The van der Waals surface area contributed by atoms with Gasteiger partial charge in [0.05, 0.1) is 18.5 Å². The summed E-state index contributed by atoms with van der Waals surface area (Å²) in [5, 5.41) is 9.25. The summed E-state index contributed by atoms with van der Waals surface area (Å²) in [6, 6.07) is 10.8. The van der Waals surface area contributed by atoms with Gasteiger partial charge in [0, 0.05) is 43.1 Å². The fourth-order valence-electron chi connectivity index (χ4n) is 3.11. The summed E-state index contributed by atoms with van der Waals surface area (Å²) in [5.41, 5.74) is 8.96. The highest BCUT2D eigenvalue weighted by Crippen LogP contribution is 2.23. The predicted molar refractivity (Wildman–Crippen MR) is 135 cm³/mol. The number of benzene rings is 1. The highest BCUT2D eigenvalue weighted by atomic mass is 32.1. The Balaban J connectivity index is 1.63. The van der Waals surface area contributed by atoms with Gasteiger partial charge in [0.25, 0.3) is 5.91 Å². The number of nitrogen functional groups attached to an aromatic ring is 1. The van der Waals surface area contributed by atoms with Gasteiger partial charge in [0.2, 0.25) is 0 Å². The van der Waals surface area contributed by atoms with Crippen LogP contribution in [-0.2, 0) is 13.1 Å². The molecule has 0 radical (unpaired) electrons. The van der Waals surface area contributed by atoms with E-state index in [1.165, 1.54) is 11.3 Å². The number of carbonyl (C=O) groups is 2. The molecule has 0 saturated heterocycles. The van der Waals surface area contributed by atoms with Crippen molar-refractivity contribution >= 4 is 34.6 Å². The van der Waals surface area contributed by atoms with Gasteiger partial charge in [-0.3, -0.25) is 9.78 Å². The Bertz CT molecular complexity index is 1100. The van der Waals surface area contributed by atoms with Crippen molar-refractivity contribution in [2.24, 2.45) is 0 Å². The maximum atomic E-state index is 12.9. The third kappa shape index (κ3) is 7.19. The lowest BCUT2D eigenvalue weighted by atomic mass is 10.2. The number of methoxy groups -OCH3 is 1. The van der Waals surface area contributed by atoms with Crippen molar-refractivity contribution in [3.8, 4) is 5.75 Å². The number of amides is 3. The Hall–Kier alpha value is -3.63. The predicted octanol–water partition coefficient (Wildman–Crippen LogP) is 3.26. The molecule has 0 aliphatic heterocycles. The first-order chi connectivity index (χ1) is 16.4. The Morgan fingerprint density at radius 1 is 1.12 bits per heavy atom. The number of nitrogens with zero attached hydrogens (tertiary/aromatic N) is 3. The van der Waals surface area contributed by atoms with Crippen LogP contribution in [0.5, 0.6) is 5.75 Å². The van der Waals surface area contributed by atoms with E-state index in [0.29, 0.717) is 37.6 Å². The van der Waals surface area contributed by atoms with Crippen molar-refractivity contribution in [1.82, 2.24) is 20.1 Å². The second-order valence-corrected chi connectivity index (χ2v) is 8.73. The van der Waals surface area contributed by atoms with Crippen LogP contribution < -0.4 is 21.1 Å². The minimum atomic E-state index is -0.336. The highest BCUT2D eigenvalue weighted by molar-refractivity contribution is 7.09. The van der Waals surface area contributed by atoms with E-state index in [9.17, 15) is 9.59 Å². The number of pyridine rings is 1. The molecule has 3 amide bonds. The van der Waals surface area contributed by atoms with E-state index in [1.807, 2.05) is 43.3 Å². The van der Waals surface area contributed by atoms with E-state index in [2.05, 4.69) is 15.6 Å². The quantitative estimate of drug-likeness (QED) is 0.409. The number of hydrogen-bond donors (Lipinski definition) is 3. The van der Waals surface area contributed by atoms with Crippen molar-refractivity contribution in [3.05, 3.63) is 70.2 Å². The molecule has 0 aliphatic rings. The number of urea groups is 1. The lowest BCUT2D eigenvalue weighted by Gasteiger charge is -2.25. The average Bonchev–Trinajstić information content (AvgIpc) is 3.24. The summed E-state index contributed by atoms with van der Waals surface area (Å²) >= 11 is 1.41. The maximum Gasteiger partial charge on any atom is 0.318 e. The van der Waals surface area contributed by atoms with Gasteiger partial charge >= 0.3 is 6.03 Å². The van der Waals surface area contributed by atoms with Gasteiger partial charge < -0.3 is 30.9 Å². The van der Waals surface area contributed by atoms with E-state index in [-0.39, 0.29) is 17.6 Å². The second kappa shape index (κ2) is 12.0. The number of ether oxygens (including phenoxy) is 1. The summed E-state index contributed by atoms with van der Waals surface area (Å²) in [4.78, 5) is 33.4. The van der Waals surface area contributed by atoms with E-state index < -0.39 is 0 Å². The number of rotatable bonds is 10. The van der Waals surface area contributed by atoms with Gasteiger partial charge in [0.1, 0.15) is 11.4 Å². The number of hydrogen-bond acceptors (Lipinski definition) is 7. The molecule has 0 fully saturated rings. The molecule has 9 nitrogen and oxygen atoms in total. The third-order valence-electron chi connectivity index (χ3n) is 5.05. The minimum Gasteiger partial charge on any atom is -0.497 e. The van der Waals surface area contributed by atoms with Crippen LogP contribution in [0.15, 0.2) is 53.4 Å². The molecule has 4 N–H and O–H groups in total. The van der Waals surface area contributed by atoms with Crippen LogP contribution >= 0.6 is 11.3 Å². The summed E-state index contributed by atoms with van der Waals surface area (Å²) in [5.74, 6) is 0.408. The van der Waals surface area contributed by atoms with E-state index in [4.69, 9.17) is 10.5 Å². The fraction of sp³-hybridized carbons (Fsp3) is 0.292. The smallest absolute Gasteiger partial charge is 0.318 e. The normalized spacial score (nSPS) is 10.7. The summed E-state index contributed by atoms with van der Waals surface area (Å²) in [7, 11) is 5.53. The lowest BCUT2D eigenvalue weighted by molar-refractivity contribution is 0.102. The molecule has 0 unspecified atom stereocenters. The number of nitrogens with two attached hydrogens (primary N) is 1. The number of anilines is 2. The first kappa shape index (κ1) is 25.0. The summed E-state index contributed by atoms with van der Waals surface area (Å²) in [6.07, 6.45) is 1.61. The molecular formula is C24H30N6O3S. The molecule has 0 spiro atoms. The van der Waals surface area contributed by atoms with Gasteiger partial charge in [-0.1, -0.05) is 18.2 Å². The van der Waals surface area contributed by atoms with E-state index in [1.54, 1.807) is 41.1 Å². The van der Waals surface area contributed by atoms with Crippen molar-refractivity contribution in [2.75, 3.05) is 45.3 Å². The van der Waals surface area contributed by atoms with Crippen molar-refractivity contribution < 1.29 is 14.3 Å². The molecule has 34 heavy (non-hydrogen) atoms. The first-order valence-corrected chi connectivity index (χ1v) is 11.7. The molecule has 180 valence electrons. The Kier molecular flexibility index (Phi) is 8.83. The number of nitrogens with one attached hydrogen (secondary N) is 2. The van der Waals surface area contributed by atoms with Gasteiger partial charge in [0.15, 0.2) is 0 Å². The molecular weight excluding hydrogens is 452 g/mol. The van der Waals surface area contributed by atoms with Gasteiger partial charge in [-0.25, -0.2) is 4.79 Å². The fourth-order valence-corrected chi connectivity index (χ4v) is 3.79. The maximum absolute atomic E-state index is 12.9. The van der Waals surface area contributed by atoms with Gasteiger partial charge in [-0.05, 0) is 43.4 Å². The summed E-state index contributed by atoms with van der Waals surface area (Å²) in [6.45, 7) is 2.00. The minimum absolute atomic E-state index is 0.181. The zero-order valence-corrected chi connectivity index (χ0v) is 20.4. The topological polar surface area (TPSA) is 113 Å². The Morgan fingerprint density at radius 2 is 1.94 bits per heavy atom. The molecule has 3 rings (SSSR count). The average molecular weight is 483 g/mol.